The Bertz CT molecular complexity index is 461. The lowest BCUT2D eigenvalue weighted by atomic mass is 10.2. The van der Waals surface area contributed by atoms with Crippen LogP contribution in [-0.4, -0.2) is 18.4 Å². The van der Waals surface area contributed by atoms with E-state index in [1.165, 1.54) is 6.07 Å². The van der Waals surface area contributed by atoms with Crippen molar-refractivity contribution in [2.75, 3.05) is 17.6 Å². The number of nitrogen functional groups attached to an aromatic ring is 1. The minimum atomic E-state index is -0.748. The molecule has 98 valence electrons. The number of nitrogens with two attached hydrogens (primary N) is 1. The van der Waals surface area contributed by atoms with E-state index in [9.17, 15) is 9.59 Å². The minimum Gasteiger partial charge on any atom is -0.399 e. The summed E-state index contributed by atoms with van der Waals surface area (Å²) in [7, 11) is 0. The number of nitrogens with one attached hydrogen (secondary N) is 2. The van der Waals surface area contributed by atoms with Crippen LogP contribution in [0.1, 0.15) is 13.8 Å². The minimum absolute atomic E-state index is 0.280. The first kappa shape index (κ1) is 14.3. The highest BCUT2D eigenvalue weighted by molar-refractivity contribution is 6.41. The molecule has 1 aromatic rings. The standard InChI is InChI=1S/C12H16ClN3O2/c1-7(2)6-15-11(17)12(18)16-10-4-3-8(14)5-9(10)13/h3-5,7H,6,14H2,1-2H3,(H,15,17)(H,16,18). The van der Waals surface area contributed by atoms with Gasteiger partial charge >= 0.3 is 11.8 Å². The number of hydrogen-bond donors (Lipinski definition) is 3. The van der Waals surface area contributed by atoms with Gasteiger partial charge in [0.05, 0.1) is 10.7 Å². The van der Waals surface area contributed by atoms with Crippen molar-refractivity contribution in [3.05, 3.63) is 23.2 Å². The van der Waals surface area contributed by atoms with Crippen molar-refractivity contribution in [2.24, 2.45) is 5.92 Å². The zero-order chi connectivity index (χ0) is 13.7. The molecule has 0 fully saturated rings. The number of rotatable bonds is 3. The van der Waals surface area contributed by atoms with E-state index in [0.717, 1.165) is 0 Å². The van der Waals surface area contributed by atoms with Crippen LogP contribution in [0.25, 0.3) is 0 Å². The molecule has 0 aliphatic heterocycles. The highest BCUT2D eigenvalue weighted by Crippen LogP contribution is 2.23. The summed E-state index contributed by atoms with van der Waals surface area (Å²) < 4.78 is 0. The van der Waals surface area contributed by atoms with Crippen LogP contribution in [0.5, 0.6) is 0 Å². The molecule has 5 nitrogen and oxygen atoms in total. The van der Waals surface area contributed by atoms with Crippen molar-refractivity contribution in [3.8, 4) is 0 Å². The number of amides is 2. The summed E-state index contributed by atoms with van der Waals surface area (Å²) in [6.45, 7) is 4.33. The van der Waals surface area contributed by atoms with Crippen molar-refractivity contribution < 1.29 is 9.59 Å². The van der Waals surface area contributed by atoms with Crippen molar-refractivity contribution in [1.82, 2.24) is 5.32 Å². The summed E-state index contributed by atoms with van der Waals surface area (Å²) >= 11 is 5.88. The third-order valence-electron chi connectivity index (χ3n) is 2.12. The van der Waals surface area contributed by atoms with E-state index < -0.39 is 11.8 Å². The van der Waals surface area contributed by atoms with E-state index in [-0.39, 0.29) is 5.92 Å². The first-order valence-corrected chi connectivity index (χ1v) is 5.92. The number of hydrogen-bond acceptors (Lipinski definition) is 3. The summed E-state index contributed by atoms with van der Waals surface area (Å²) in [4.78, 5) is 23.0. The maximum absolute atomic E-state index is 11.5. The molecule has 0 radical (unpaired) electrons. The van der Waals surface area contributed by atoms with Gasteiger partial charge < -0.3 is 16.4 Å². The van der Waals surface area contributed by atoms with Crippen LogP contribution in [0.4, 0.5) is 11.4 Å². The molecule has 0 saturated heterocycles. The van der Waals surface area contributed by atoms with Crippen LogP contribution in [0.15, 0.2) is 18.2 Å². The van der Waals surface area contributed by atoms with Gasteiger partial charge in [-0.15, -0.1) is 0 Å². The second-order valence-electron chi connectivity index (χ2n) is 4.30. The molecule has 6 heteroatoms. The third-order valence-corrected chi connectivity index (χ3v) is 2.43. The Kier molecular flexibility index (Phi) is 4.97. The monoisotopic (exact) mass is 269 g/mol. The second kappa shape index (κ2) is 6.26. The van der Waals surface area contributed by atoms with Gasteiger partial charge in [0.1, 0.15) is 0 Å². The Hall–Kier alpha value is -1.75. The largest absolute Gasteiger partial charge is 0.399 e. The molecule has 0 aliphatic rings. The number of carbonyl (C=O) groups is 2. The van der Waals surface area contributed by atoms with Gasteiger partial charge in [-0.2, -0.15) is 0 Å². The molecule has 18 heavy (non-hydrogen) atoms. The molecule has 2 amide bonds. The Morgan fingerprint density at radius 3 is 2.56 bits per heavy atom. The summed E-state index contributed by atoms with van der Waals surface area (Å²) in [5.41, 5.74) is 6.37. The molecule has 0 bridgehead atoms. The number of benzene rings is 1. The predicted octanol–water partition coefficient (Wildman–Crippen LogP) is 1.63. The van der Waals surface area contributed by atoms with Gasteiger partial charge in [0.2, 0.25) is 0 Å². The van der Waals surface area contributed by atoms with Crippen LogP contribution in [0.3, 0.4) is 0 Å². The molecular weight excluding hydrogens is 254 g/mol. The highest BCUT2D eigenvalue weighted by atomic mass is 35.5. The quantitative estimate of drug-likeness (QED) is 0.576. The fourth-order valence-electron chi connectivity index (χ4n) is 1.19. The second-order valence-corrected chi connectivity index (χ2v) is 4.70. The fourth-order valence-corrected chi connectivity index (χ4v) is 1.43. The summed E-state index contributed by atoms with van der Waals surface area (Å²) in [5, 5.41) is 5.23. The first-order chi connectivity index (χ1) is 8.40. The molecular formula is C12H16ClN3O2. The number of anilines is 2. The Balaban J connectivity index is 2.61. The van der Waals surface area contributed by atoms with Gasteiger partial charge in [0, 0.05) is 12.2 Å². The maximum atomic E-state index is 11.5. The van der Waals surface area contributed by atoms with E-state index in [0.29, 0.717) is 22.9 Å². The van der Waals surface area contributed by atoms with Gasteiger partial charge in [-0.05, 0) is 24.1 Å². The zero-order valence-corrected chi connectivity index (χ0v) is 11.0. The van der Waals surface area contributed by atoms with Gasteiger partial charge in [0.15, 0.2) is 0 Å². The molecule has 0 aromatic heterocycles. The summed E-state index contributed by atoms with van der Waals surface area (Å²) in [6, 6.07) is 4.64. The van der Waals surface area contributed by atoms with Crippen LogP contribution in [-0.2, 0) is 9.59 Å². The molecule has 1 aromatic carbocycles. The number of carbonyl (C=O) groups excluding carboxylic acids is 2. The fraction of sp³-hybridized carbons (Fsp3) is 0.333. The molecule has 0 saturated carbocycles. The topological polar surface area (TPSA) is 84.2 Å². The van der Waals surface area contributed by atoms with E-state index >= 15 is 0 Å². The van der Waals surface area contributed by atoms with Gasteiger partial charge in [-0.3, -0.25) is 9.59 Å². The lowest BCUT2D eigenvalue weighted by molar-refractivity contribution is -0.136. The first-order valence-electron chi connectivity index (χ1n) is 5.54. The van der Waals surface area contributed by atoms with Gasteiger partial charge in [-0.25, -0.2) is 0 Å². The average molecular weight is 270 g/mol. The van der Waals surface area contributed by atoms with Crippen LogP contribution < -0.4 is 16.4 Å². The molecule has 0 atom stereocenters. The normalized spacial score (nSPS) is 10.2. The SMILES string of the molecule is CC(C)CNC(=O)C(=O)Nc1ccc(N)cc1Cl. The van der Waals surface area contributed by atoms with E-state index in [4.69, 9.17) is 17.3 Å². The highest BCUT2D eigenvalue weighted by Gasteiger charge is 2.14. The van der Waals surface area contributed by atoms with E-state index in [1.54, 1.807) is 12.1 Å². The Morgan fingerprint density at radius 2 is 2.00 bits per heavy atom. The summed E-state index contributed by atoms with van der Waals surface area (Å²) in [5.74, 6) is -1.15. The van der Waals surface area contributed by atoms with Crippen molar-refractivity contribution in [1.29, 1.82) is 0 Å². The van der Waals surface area contributed by atoms with Crippen molar-refractivity contribution >= 4 is 34.8 Å². The Morgan fingerprint density at radius 1 is 1.33 bits per heavy atom. The molecule has 4 N–H and O–H groups in total. The average Bonchev–Trinajstić information content (AvgIpc) is 2.29. The zero-order valence-electron chi connectivity index (χ0n) is 10.3. The predicted molar refractivity (Wildman–Crippen MR) is 72.3 cm³/mol. The Labute approximate surface area is 111 Å². The smallest absolute Gasteiger partial charge is 0.313 e. The molecule has 1 rings (SSSR count). The number of halogens is 1. The van der Waals surface area contributed by atoms with Crippen molar-refractivity contribution in [2.45, 2.75) is 13.8 Å². The molecule has 0 unspecified atom stereocenters. The van der Waals surface area contributed by atoms with E-state index in [2.05, 4.69) is 10.6 Å². The van der Waals surface area contributed by atoms with Crippen LogP contribution in [0, 0.1) is 5.92 Å². The maximum Gasteiger partial charge on any atom is 0.313 e. The van der Waals surface area contributed by atoms with Gasteiger partial charge in [-0.1, -0.05) is 25.4 Å². The molecule has 0 heterocycles. The molecule has 0 spiro atoms. The lowest BCUT2D eigenvalue weighted by Gasteiger charge is -2.09. The lowest BCUT2D eigenvalue weighted by Crippen LogP contribution is -2.37. The summed E-state index contributed by atoms with van der Waals surface area (Å²) in [6.07, 6.45) is 0. The van der Waals surface area contributed by atoms with E-state index in [1.807, 2.05) is 13.8 Å². The molecule has 0 aliphatic carbocycles. The van der Waals surface area contributed by atoms with Crippen molar-refractivity contribution in [3.63, 3.8) is 0 Å². The van der Waals surface area contributed by atoms with Crippen LogP contribution in [0.2, 0.25) is 5.02 Å². The van der Waals surface area contributed by atoms with Gasteiger partial charge in [0.25, 0.3) is 0 Å². The van der Waals surface area contributed by atoms with Crippen LogP contribution >= 0.6 is 11.6 Å². The third kappa shape index (κ3) is 4.25.